The van der Waals surface area contributed by atoms with E-state index in [0.717, 1.165) is 30.4 Å². The molecule has 1 heterocycles. The molecule has 1 aromatic carbocycles. The first-order chi connectivity index (χ1) is 10.1. The van der Waals surface area contributed by atoms with E-state index >= 15 is 0 Å². The fourth-order valence-electron chi connectivity index (χ4n) is 2.75. The van der Waals surface area contributed by atoms with Crippen molar-refractivity contribution in [3.8, 4) is 0 Å². The molecular formula is C16H17ClN2O2. The van der Waals surface area contributed by atoms with Gasteiger partial charge < -0.3 is 15.0 Å². The van der Waals surface area contributed by atoms with Crippen LogP contribution in [0.5, 0.6) is 0 Å². The Balaban J connectivity index is 1.68. The highest BCUT2D eigenvalue weighted by Crippen LogP contribution is 2.30. The van der Waals surface area contributed by atoms with Gasteiger partial charge in [0.25, 0.3) is 0 Å². The number of carbonyl (C=O) groups excluding carboxylic acids is 1. The fraction of sp³-hybridized carbons (Fsp3) is 0.312. The number of anilines is 1. The first-order valence-corrected chi connectivity index (χ1v) is 7.41. The number of aliphatic hydroxyl groups excluding tert-OH is 1. The number of hydrogen-bond donors (Lipinski definition) is 2. The summed E-state index contributed by atoms with van der Waals surface area (Å²) in [7, 11) is 0. The van der Waals surface area contributed by atoms with Crippen molar-refractivity contribution in [2.24, 2.45) is 0 Å². The number of benzene rings is 1. The summed E-state index contributed by atoms with van der Waals surface area (Å²) in [6.45, 7) is 0.228. The van der Waals surface area contributed by atoms with E-state index in [0.29, 0.717) is 10.7 Å². The number of fused-ring (bicyclic) bond motifs is 1. The molecule has 1 aliphatic carbocycles. The second-order valence-corrected chi connectivity index (χ2v) is 5.81. The molecule has 0 radical (unpaired) electrons. The molecule has 1 aliphatic rings. The van der Waals surface area contributed by atoms with E-state index in [1.54, 1.807) is 24.3 Å². The molecule has 0 bridgehead atoms. The summed E-state index contributed by atoms with van der Waals surface area (Å²) in [5.41, 5.74) is 2.78. The smallest absolute Gasteiger partial charge is 0.244 e. The van der Waals surface area contributed by atoms with Crippen molar-refractivity contribution in [1.82, 2.24) is 4.57 Å². The zero-order chi connectivity index (χ0) is 14.8. The molecule has 0 aliphatic heterocycles. The summed E-state index contributed by atoms with van der Waals surface area (Å²) in [6.07, 6.45) is 6.19. The molecule has 0 saturated carbocycles. The van der Waals surface area contributed by atoms with Crippen LogP contribution in [0, 0.1) is 0 Å². The molecule has 2 aromatic rings. The average Bonchev–Trinajstić information content (AvgIpc) is 2.82. The maximum atomic E-state index is 12.0. The molecule has 0 saturated heterocycles. The fourth-order valence-corrected chi connectivity index (χ4v) is 2.94. The summed E-state index contributed by atoms with van der Waals surface area (Å²) in [5.74, 6) is -0.112. The molecule has 1 amide bonds. The zero-order valence-corrected chi connectivity index (χ0v) is 12.3. The lowest BCUT2D eigenvalue weighted by molar-refractivity contribution is -0.116. The van der Waals surface area contributed by atoms with E-state index in [9.17, 15) is 9.90 Å². The second-order valence-electron chi connectivity index (χ2n) is 5.38. The third-order valence-corrected chi connectivity index (χ3v) is 3.95. The zero-order valence-electron chi connectivity index (χ0n) is 11.6. The highest BCUT2D eigenvalue weighted by molar-refractivity contribution is 6.30. The summed E-state index contributed by atoms with van der Waals surface area (Å²) in [5, 5.41) is 13.4. The van der Waals surface area contributed by atoms with Gasteiger partial charge in [-0.25, -0.2) is 0 Å². The molecule has 0 spiro atoms. The van der Waals surface area contributed by atoms with Crippen molar-refractivity contribution in [3.63, 3.8) is 0 Å². The quantitative estimate of drug-likeness (QED) is 0.915. The minimum absolute atomic E-state index is 0.112. The van der Waals surface area contributed by atoms with Gasteiger partial charge in [0.1, 0.15) is 6.54 Å². The highest BCUT2D eigenvalue weighted by atomic mass is 35.5. The number of aromatic nitrogens is 1. The van der Waals surface area contributed by atoms with E-state index < -0.39 is 6.10 Å². The molecule has 4 nitrogen and oxygen atoms in total. The van der Waals surface area contributed by atoms with Crippen LogP contribution < -0.4 is 5.32 Å². The van der Waals surface area contributed by atoms with Gasteiger partial charge in [-0.05, 0) is 43.0 Å². The Morgan fingerprint density at radius 2 is 2.29 bits per heavy atom. The van der Waals surface area contributed by atoms with Crippen LogP contribution in [0.2, 0.25) is 5.02 Å². The number of amides is 1. The number of carbonyl (C=O) groups is 1. The van der Waals surface area contributed by atoms with Gasteiger partial charge >= 0.3 is 0 Å². The first kappa shape index (κ1) is 14.2. The number of hydrogen-bond acceptors (Lipinski definition) is 2. The van der Waals surface area contributed by atoms with E-state index in [4.69, 9.17) is 11.6 Å². The van der Waals surface area contributed by atoms with Gasteiger partial charge in [0.2, 0.25) is 5.91 Å². The lowest BCUT2D eigenvalue weighted by Crippen LogP contribution is -2.17. The lowest BCUT2D eigenvalue weighted by atomic mass is 9.93. The Morgan fingerprint density at radius 3 is 3.05 bits per heavy atom. The molecule has 3 rings (SSSR count). The van der Waals surface area contributed by atoms with E-state index in [-0.39, 0.29) is 12.5 Å². The van der Waals surface area contributed by atoms with Crippen LogP contribution in [0.1, 0.15) is 30.1 Å². The first-order valence-electron chi connectivity index (χ1n) is 7.04. The molecule has 1 aromatic heterocycles. The Hall–Kier alpha value is -1.78. The summed E-state index contributed by atoms with van der Waals surface area (Å²) < 4.78 is 1.83. The van der Waals surface area contributed by atoms with Crippen molar-refractivity contribution < 1.29 is 9.90 Å². The molecule has 21 heavy (non-hydrogen) atoms. The number of nitrogens with one attached hydrogen (secondary N) is 1. The van der Waals surface area contributed by atoms with Crippen molar-refractivity contribution in [2.45, 2.75) is 31.9 Å². The Morgan fingerprint density at radius 1 is 1.43 bits per heavy atom. The minimum atomic E-state index is -0.397. The van der Waals surface area contributed by atoms with Crippen molar-refractivity contribution in [3.05, 3.63) is 52.8 Å². The van der Waals surface area contributed by atoms with Gasteiger partial charge in [-0.15, -0.1) is 0 Å². The summed E-state index contributed by atoms with van der Waals surface area (Å²) in [6, 6.07) is 7.07. The van der Waals surface area contributed by atoms with Gasteiger partial charge in [-0.1, -0.05) is 17.7 Å². The van der Waals surface area contributed by atoms with E-state index in [1.807, 2.05) is 17.0 Å². The SMILES string of the molecule is O=C(Cn1cc2c(c1)C(O)CCC2)Nc1cccc(Cl)c1. The van der Waals surface area contributed by atoms with Crippen LogP contribution in [-0.4, -0.2) is 15.6 Å². The topological polar surface area (TPSA) is 54.3 Å². The Kier molecular flexibility index (Phi) is 3.99. The summed E-state index contributed by atoms with van der Waals surface area (Å²) in [4.78, 5) is 12.0. The van der Waals surface area contributed by atoms with Crippen molar-refractivity contribution >= 4 is 23.2 Å². The van der Waals surface area contributed by atoms with Crippen LogP contribution in [-0.2, 0) is 17.8 Å². The van der Waals surface area contributed by atoms with Crippen LogP contribution in [0.4, 0.5) is 5.69 Å². The minimum Gasteiger partial charge on any atom is -0.388 e. The van der Waals surface area contributed by atoms with Gasteiger partial charge in [0.15, 0.2) is 0 Å². The largest absolute Gasteiger partial charge is 0.388 e. The lowest BCUT2D eigenvalue weighted by Gasteiger charge is -2.16. The van der Waals surface area contributed by atoms with Crippen molar-refractivity contribution in [1.29, 1.82) is 0 Å². The number of aryl methyl sites for hydroxylation is 1. The van der Waals surface area contributed by atoms with Crippen LogP contribution in [0.15, 0.2) is 36.7 Å². The van der Waals surface area contributed by atoms with Crippen LogP contribution in [0.25, 0.3) is 0 Å². The number of rotatable bonds is 3. The summed E-state index contributed by atoms with van der Waals surface area (Å²) >= 11 is 5.89. The number of nitrogens with zero attached hydrogens (tertiary/aromatic N) is 1. The van der Waals surface area contributed by atoms with Gasteiger partial charge in [0.05, 0.1) is 6.10 Å². The van der Waals surface area contributed by atoms with E-state index in [2.05, 4.69) is 5.32 Å². The molecule has 110 valence electrons. The highest BCUT2D eigenvalue weighted by Gasteiger charge is 2.20. The molecule has 5 heteroatoms. The monoisotopic (exact) mass is 304 g/mol. The van der Waals surface area contributed by atoms with Gasteiger partial charge in [0, 0.05) is 28.7 Å². The Bertz CT molecular complexity index is 666. The number of aliphatic hydroxyl groups is 1. The molecular weight excluding hydrogens is 288 g/mol. The standard InChI is InChI=1S/C16H17ClN2O2/c17-12-4-2-5-13(7-12)18-16(21)10-19-8-11-3-1-6-15(20)14(11)9-19/h2,4-5,7-9,15,20H,1,3,6,10H2,(H,18,21). The molecule has 2 N–H and O–H groups in total. The normalized spacial score (nSPS) is 17.3. The predicted octanol–water partition coefficient (Wildman–Crippen LogP) is 3.15. The van der Waals surface area contributed by atoms with Crippen LogP contribution >= 0.6 is 11.6 Å². The number of halogens is 1. The molecule has 1 atom stereocenters. The van der Waals surface area contributed by atoms with Crippen LogP contribution in [0.3, 0.4) is 0 Å². The predicted molar refractivity (Wildman–Crippen MR) is 82.4 cm³/mol. The van der Waals surface area contributed by atoms with Crippen molar-refractivity contribution in [2.75, 3.05) is 5.32 Å². The van der Waals surface area contributed by atoms with Gasteiger partial charge in [-0.2, -0.15) is 0 Å². The maximum Gasteiger partial charge on any atom is 0.244 e. The molecule has 1 unspecified atom stereocenters. The van der Waals surface area contributed by atoms with Gasteiger partial charge in [-0.3, -0.25) is 4.79 Å². The Labute approximate surface area is 128 Å². The third kappa shape index (κ3) is 3.28. The third-order valence-electron chi connectivity index (χ3n) is 3.71. The second kappa shape index (κ2) is 5.92. The maximum absolute atomic E-state index is 12.0. The average molecular weight is 305 g/mol. The molecule has 0 fully saturated rings. The van der Waals surface area contributed by atoms with E-state index in [1.165, 1.54) is 0 Å².